The minimum atomic E-state index is 0.745. The van der Waals surface area contributed by atoms with Gasteiger partial charge in [-0.1, -0.05) is 25.1 Å². The second-order valence-electron chi connectivity index (χ2n) is 5.32. The number of piperidine rings is 1. The normalized spacial score (nSPS) is 17.4. The van der Waals surface area contributed by atoms with Crippen molar-refractivity contribution < 1.29 is 0 Å². The van der Waals surface area contributed by atoms with Gasteiger partial charge in [0, 0.05) is 23.6 Å². The Morgan fingerprint density at radius 2 is 2.00 bits per heavy atom. The first kappa shape index (κ1) is 11.8. The Morgan fingerprint density at radius 1 is 1.22 bits per heavy atom. The van der Waals surface area contributed by atoms with Crippen LogP contribution in [0.1, 0.15) is 37.7 Å². The van der Waals surface area contributed by atoms with E-state index in [4.69, 9.17) is 0 Å². The van der Waals surface area contributed by atoms with Crippen molar-refractivity contribution in [1.82, 2.24) is 9.88 Å². The number of hydrogen-bond acceptors (Lipinski definition) is 1. The molecule has 1 aromatic heterocycles. The molecular weight excluding hydrogens is 220 g/mol. The first-order valence-electron chi connectivity index (χ1n) is 7.18. The molecule has 0 spiro atoms. The molecule has 1 fully saturated rings. The summed E-state index contributed by atoms with van der Waals surface area (Å²) in [7, 11) is 0. The van der Waals surface area contributed by atoms with Crippen LogP contribution in [0.25, 0.3) is 10.9 Å². The van der Waals surface area contributed by atoms with Crippen LogP contribution in [0.5, 0.6) is 0 Å². The van der Waals surface area contributed by atoms with Crippen LogP contribution in [-0.2, 0) is 6.54 Å². The maximum absolute atomic E-state index is 3.46. The van der Waals surface area contributed by atoms with Crippen molar-refractivity contribution in [3.63, 3.8) is 0 Å². The topological polar surface area (TPSA) is 17.0 Å². The highest BCUT2D eigenvalue weighted by Crippen LogP contribution is 2.32. The van der Waals surface area contributed by atoms with Gasteiger partial charge in [-0.2, -0.15) is 0 Å². The summed E-state index contributed by atoms with van der Waals surface area (Å²) in [5.41, 5.74) is 2.98. The molecule has 1 saturated heterocycles. The van der Waals surface area contributed by atoms with Crippen molar-refractivity contribution >= 4 is 10.9 Å². The van der Waals surface area contributed by atoms with Gasteiger partial charge in [0.2, 0.25) is 0 Å². The van der Waals surface area contributed by atoms with Crippen molar-refractivity contribution in [3.05, 3.63) is 36.0 Å². The Balaban J connectivity index is 2.04. The van der Waals surface area contributed by atoms with Gasteiger partial charge in [-0.3, -0.25) is 0 Å². The van der Waals surface area contributed by atoms with Crippen LogP contribution in [0.4, 0.5) is 0 Å². The third-order valence-electron chi connectivity index (χ3n) is 4.06. The molecule has 0 bridgehead atoms. The number of nitrogens with one attached hydrogen (secondary N) is 1. The zero-order chi connectivity index (χ0) is 12.4. The molecule has 96 valence electrons. The number of para-hydroxylation sites is 1. The maximum atomic E-state index is 3.46. The Kier molecular flexibility index (Phi) is 3.37. The number of rotatable bonds is 3. The monoisotopic (exact) mass is 242 g/mol. The van der Waals surface area contributed by atoms with Gasteiger partial charge in [-0.15, -0.1) is 0 Å². The van der Waals surface area contributed by atoms with E-state index in [-0.39, 0.29) is 0 Å². The first-order chi connectivity index (χ1) is 8.90. The molecule has 18 heavy (non-hydrogen) atoms. The van der Waals surface area contributed by atoms with Crippen LogP contribution in [0.2, 0.25) is 0 Å². The molecule has 2 heterocycles. The molecule has 0 amide bonds. The van der Waals surface area contributed by atoms with E-state index in [0.29, 0.717) is 0 Å². The molecule has 2 aromatic rings. The van der Waals surface area contributed by atoms with Gasteiger partial charge in [0.1, 0.15) is 0 Å². The third-order valence-corrected chi connectivity index (χ3v) is 4.06. The smallest absolute Gasteiger partial charge is 0.0483 e. The molecule has 0 radical (unpaired) electrons. The quantitative estimate of drug-likeness (QED) is 0.871. The van der Waals surface area contributed by atoms with Gasteiger partial charge in [0.15, 0.2) is 0 Å². The molecule has 2 nitrogen and oxygen atoms in total. The Bertz CT molecular complexity index is 521. The van der Waals surface area contributed by atoms with E-state index < -0.39 is 0 Å². The number of nitrogens with zero attached hydrogens (tertiary/aromatic N) is 1. The van der Waals surface area contributed by atoms with Gasteiger partial charge >= 0.3 is 0 Å². The number of aryl methyl sites for hydroxylation is 1. The number of fused-ring (bicyclic) bond motifs is 1. The number of benzene rings is 1. The highest BCUT2D eigenvalue weighted by atomic mass is 15.0. The van der Waals surface area contributed by atoms with Crippen LogP contribution in [0.3, 0.4) is 0 Å². The SMILES string of the molecule is CCCn1cc(C2CCNCC2)c2ccccc21. The lowest BCUT2D eigenvalue weighted by Gasteiger charge is -2.22. The highest BCUT2D eigenvalue weighted by molar-refractivity contribution is 5.84. The van der Waals surface area contributed by atoms with E-state index in [1.807, 2.05) is 0 Å². The summed E-state index contributed by atoms with van der Waals surface area (Å²) >= 11 is 0. The molecule has 1 aromatic carbocycles. The lowest BCUT2D eigenvalue weighted by Crippen LogP contribution is -2.26. The van der Waals surface area contributed by atoms with Gasteiger partial charge in [-0.25, -0.2) is 0 Å². The van der Waals surface area contributed by atoms with Crippen LogP contribution >= 0.6 is 0 Å². The molecular formula is C16H22N2. The van der Waals surface area contributed by atoms with E-state index in [1.165, 1.54) is 30.2 Å². The number of aromatic nitrogens is 1. The average Bonchev–Trinajstić information content (AvgIpc) is 2.80. The molecule has 1 N–H and O–H groups in total. The predicted octanol–water partition coefficient (Wildman–Crippen LogP) is 3.52. The lowest BCUT2D eigenvalue weighted by molar-refractivity contribution is 0.461. The summed E-state index contributed by atoms with van der Waals surface area (Å²) in [4.78, 5) is 0. The zero-order valence-electron chi connectivity index (χ0n) is 11.2. The molecule has 0 saturated carbocycles. The van der Waals surface area contributed by atoms with Crippen molar-refractivity contribution in [3.8, 4) is 0 Å². The summed E-state index contributed by atoms with van der Waals surface area (Å²) in [6, 6.07) is 8.87. The summed E-state index contributed by atoms with van der Waals surface area (Å²) in [6.45, 7) is 5.71. The minimum Gasteiger partial charge on any atom is -0.347 e. The zero-order valence-corrected chi connectivity index (χ0v) is 11.2. The largest absolute Gasteiger partial charge is 0.347 e. The van der Waals surface area contributed by atoms with E-state index in [9.17, 15) is 0 Å². The highest BCUT2D eigenvalue weighted by Gasteiger charge is 2.19. The first-order valence-corrected chi connectivity index (χ1v) is 7.18. The molecule has 0 atom stereocenters. The van der Waals surface area contributed by atoms with E-state index in [0.717, 1.165) is 25.6 Å². The van der Waals surface area contributed by atoms with E-state index >= 15 is 0 Å². The van der Waals surface area contributed by atoms with Crippen LogP contribution < -0.4 is 5.32 Å². The van der Waals surface area contributed by atoms with Crippen LogP contribution in [0.15, 0.2) is 30.5 Å². The number of hydrogen-bond donors (Lipinski definition) is 1. The molecule has 0 unspecified atom stereocenters. The predicted molar refractivity (Wildman–Crippen MR) is 77.1 cm³/mol. The molecule has 3 rings (SSSR count). The van der Waals surface area contributed by atoms with Gasteiger partial charge in [0.25, 0.3) is 0 Å². The van der Waals surface area contributed by atoms with E-state index in [1.54, 1.807) is 5.56 Å². The standard InChI is InChI=1S/C16H22N2/c1-2-11-18-12-15(13-7-9-17-10-8-13)14-5-3-4-6-16(14)18/h3-6,12-13,17H,2,7-11H2,1H3. The van der Waals surface area contributed by atoms with Crippen molar-refractivity contribution in [2.24, 2.45) is 0 Å². The molecule has 0 aliphatic carbocycles. The summed E-state index contributed by atoms with van der Waals surface area (Å²) in [6.07, 6.45) is 6.16. The Labute approximate surface area is 109 Å². The minimum absolute atomic E-state index is 0.745. The van der Waals surface area contributed by atoms with Gasteiger partial charge < -0.3 is 9.88 Å². The van der Waals surface area contributed by atoms with Gasteiger partial charge in [-0.05, 0) is 49.9 Å². The molecule has 2 heteroatoms. The second-order valence-corrected chi connectivity index (χ2v) is 5.32. The third kappa shape index (κ3) is 2.05. The fourth-order valence-corrected chi connectivity index (χ4v) is 3.16. The van der Waals surface area contributed by atoms with Gasteiger partial charge in [0.05, 0.1) is 0 Å². The Hall–Kier alpha value is -1.28. The molecule has 1 aliphatic rings. The van der Waals surface area contributed by atoms with Crippen LogP contribution in [0, 0.1) is 0 Å². The van der Waals surface area contributed by atoms with E-state index in [2.05, 4.69) is 47.3 Å². The second kappa shape index (κ2) is 5.15. The average molecular weight is 242 g/mol. The summed E-state index contributed by atoms with van der Waals surface area (Å²) in [5.74, 6) is 0.745. The van der Waals surface area contributed by atoms with Crippen LogP contribution in [-0.4, -0.2) is 17.7 Å². The maximum Gasteiger partial charge on any atom is 0.0483 e. The fraction of sp³-hybridized carbons (Fsp3) is 0.500. The lowest BCUT2D eigenvalue weighted by atomic mass is 9.90. The summed E-state index contributed by atoms with van der Waals surface area (Å²) in [5, 5.41) is 4.93. The van der Waals surface area contributed by atoms with Crippen molar-refractivity contribution in [2.45, 2.75) is 38.6 Å². The molecule has 1 aliphatic heterocycles. The Morgan fingerprint density at radius 3 is 2.78 bits per heavy atom. The fourth-order valence-electron chi connectivity index (χ4n) is 3.16. The van der Waals surface area contributed by atoms with Crippen molar-refractivity contribution in [1.29, 1.82) is 0 Å². The summed E-state index contributed by atoms with van der Waals surface area (Å²) < 4.78 is 2.44. The van der Waals surface area contributed by atoms with Crippen molar-refractivity contribution in [2.75, 3.05) is 13.1 Å².